The molecule has 13 nitrogen and oxygen atoms in total. The van der Waals surface area contributed by atoms with Crippen LogP contribution < -0.4 is 11.4 Å². The van der Waals surface area contributed by atoms with Crippen molar-refractivity contribution in [2.75, 3.05) is 6.61 Å². The van der Waals surface area contributed by atoms with Gasteiger partial charge in [0.15, 0.2) is 10.8 Å². The lowest BCUT2D eigenvalue weighted by Crippen LogP contribution is -2.45. The summed E-state index contributed by atoms with van der Waals surface area (Å²) in [6, 6.07) is 13.4. The molecule has 0 radical (unpaired) electrons. The van der Waals surface area contributed by atoms with Gasteiger partial charge in [-0.2, -0.15) is 14.5 Å². The van der Waals surface area contributed by atoms with E-state index >= 15 is 17.2 Å². The Balaban J connectivity index is 1.08. The average Bonchev–Trinajstić information content (AvgIpc) is 3.81. The molecule has 2 N–H and O–H groups in total. The molecule has 334 valence electrons. The second kappa shape index (κ2) is 14.0. The molecule has 3 fully saturated rings. The van der Waals surface area contributed by atoms with Crippen molar-refractivity contribution < 1.29 is 21.9 Å². The summed E-state index contributed by atoms with van der Waals surface area (Å²) in [6.07, 6.45) is 8.34. The van der Waals surface area contributed by atoms with E-state index in [4.69, 9.17) is 15.6 Å². The van der Waals surface area contributed by atoms with Crippen LogP contribution in [0.5, 0.6) is 0 Å². The summed E-state index contributed by atoms with van der Waals surface area (Å²) in [6.45, 7) is 12.3. The molecule has 7 heterocycles. The van der Waals surface area contributed by atoms with Crippen molar-refractivity contribution in [1.29, 1.82) is 0 Å². The number of hydrogen-bond donors (Lipinski definition) is 1. The Bertz CT molecular complexity index is 3240. The Hall–Kier alpha value is -5.42. The minimum atomic E-state index is -4.25. The Morgan fingerprint density at radius 2 is 1.66 bits per heavy atom. The van der Waals surface area contributed by atoms with Crippen LogP contribution in [-0.4, -0.2) is 70.3 Å². The summed E-state index contributed by atoms with van der Waals surface area (Å²) in [5.41, 5.74) is 10.5. The van der Waals surface area contributed by atoms with Gasteiger partial charge in [0, 0.05) is 61.0 Å². The number of benzene rings is 3. The van der Waals surface area contributed by atoms with E-state index in [2.05, 4.69) is 44.1 Å². The van der Waals surface area contributed by atoms with Crippen molar-refractivity contribution in [3.63, 3.8) is 0 Å². The first-order chi connectivity index (χ1) is 30.4. The summed E-state index contributed by atoms with van der Waals surface area (Å²) in [5.74, 6) is -0.214. The van der Waals surface area contributed by atoms with E-state index in [9.17, 15) is 4.79 Å². The smallest absolute Gasteiger partial charge is 0.338 e. The monoisotopic (exact) mass is 889 g/mol. The van der Waals surface area contributed by atoms with Gasteiger partial charge < -0.3 is 15.0 Å². The fourth-order valence-corrected chi connectivity index (χ4v) is 13.8. The quantitative estimate of drug-likeness (QED) is 0.165. The molecule has 7 aromatic rings. The third-order valence-electron chi connectivity index (χ3n) is 15.0. The van der Waals surface area contributed by atoms with Gasteiger partial charge in [0.25, 0.3) is 10.0 Å². The van der Waals surface area contributed by atoms with Gasteiger partial charge in [0.05, 0.1) is 51.4 Å². The molecule has 1 saturated carbocycles. The van der Waals surface area contributed by atoms with Crippen LogP contribution in [0.1, 0.15) is 99.7 Å². The van der Waals surface area contributed by atoms with Gasteiger partial charge in [-0.25, -0.2) is 26.7 Å². The Morgan fingerprint density at radius 3 is 2.36 bits per heavy atom. The molecular formula is C48H53F2N9O4S. The standard InChI is InChI=1S/C48H53F2N9O4S/c1-26-18-34(19-27(2)43(26)49)58-45(56-16-15-55(46(56)60)40-13-12-38-35(44(40)50)25-52-54(38)7)42-36(53-58)22-33-9-11-39(42)59(33)64(61,62)41-21-32-20-30(31-14-17-63-47(5,6)24-31)8-10-37(32)57(41)48(29(4)51)23-28(48)3/h8,10,12-13,15-16,18-21,25,28-29,31,33,39H,9,11,14,17,22-24,51H2,1-7H3/t28-,29?,31?,33+,39-,48+/m0/s1. The summed E-state index contributed by atoms with van der Waals surface area (Å²) < 4.78 is 78.5. The number of ether oxygens (including phenoxy) is 1. The minimum Gasteiger partial charge on any atom is -0.376 e. The lowest BCUT2D eigenvalue weighted by Gasteiger charge is -2.36. The average molecular weight is 890 g/mol. The number of nitrogens with two attached hydrogens (primary N) is 1. The Labute approximate surface area is 370 Å². The maximum absolute atomic E-state index is 16.2. The van der Waals surface area contributed by atoms with Crippen molar-refractivity contribution in [3.8, 4) is 17.2 Å². The predicted octanol–water partition coefficient (Wildman–Crippen LogP) is 7.76. The largest absolute Gasteiger partial charge is 0.376 e. The summed E-state index contributed by atoms with van der Waals surface area (Å²) in [4.78, 5) is 14.7. The SMILES string of the molecule is Cc1cc(-n2nc3c(c2-n2ccn(-c4ccc5c(cnn5C)c4F)c2=O)[C@@H]2CC[C@H](C3)N2S(=O)(=O)c2cc3cc(C4CCOC(C)(C)C4)ccc3n2[C@]2(C(C)N)C[C@@H]2C)cc(C)c1F. The van der Waals surface area contributed by atoms with Gasteiger partial charge in [0.2, 0.25) is 0 Å². The highest BCUT2D eigenvalue weighted by Gasteiger charge is 2.59. The van der Waals surface area contributed by atoms with Crippen molar-refractivity contribution in [3.05, 3.63) is 117 Å². The molecule has 4 aromatic heterocycles. The van der Waals surface area contributed by atoms with E-state index in [1.165, 1.54) is 21.5 Å². The molecule has 6 atom stereocenters. The van der Waals surface area contributed by atoms with Crippen molar-refractivity contribution in [1.82, 2.24) is 37.6 Å². The summed E-state index contributed by atoms with van der Waals surface area (Å²) in [5, 5.41) is 10.6. The first-order valence-corrected chi connectivity index (χ1v) is 23.7. The molecular weight excluding hydrogens is 837 g/mol. The second-order valence-corrected chi connectivity index (χ2v) is 21.3. The van der Waals surface area contributed by atoms with Crippen LogP contribution in [0.25, 0.3) is 39.0 Å². The highest BCUT2D eigenvalue weighted by Crippen LogP contribution is 2.56. The van der Waals surface area contributed by atoms with E-state index in [-0.39, 0.29) is 45.4 Å². The molecule has 2 bridgehead atoms. The van der Waals surface area contributed by atoms with Gasteiger partial charge in [-0.15, -0.1) is 0 Å². The molecule has 16 heteroatoms. The van der Waals surface area contributed by atoms with Crippen LogP contribution in [0.4, 0.5) is 8.78 Å². The van der Waals surface area contributed by atoms with Crippen LogP contribution in [0.2, 0.25) is 0 Å². The topological polar surface area (TPSA) is 140 Å². The zero-order chi connectivity index (χ0) is 44.9. The normalized spacial score (nSPS) is 24.8. The number of nitrogens with zero attached hydrogens (tertiary/aromatic N) is 8. The number of halogens is 2. The van der Waals surface area contributed by atoms with Gasteiger partial charge in [-0.1, -0.05) is 13.0 Å². The number of aryl methyl sites for hydroxylation is 3. The summed E-state index contributed by atoms with van der Waals surface area (Å²) in [7, 11) is -2.53. The minimum absolute atomic E-state index is 0.0386. The number of aromatic nitrogens is 7. The molecule has 64 heavy (non-hydrogen) atoms. The Morgan fingerprint density at radius 1 is 0.938 bits per heavy atom. The maximum atomic E-state index is 16.2. The first kappa shape index (κ1) is 41.3. The molecule has 2 unspecified atom stereocenters. The third-order valence-corrected chi connectivity index (χ3v) is 16.9. The van der Waals surface area contributed by atoms with Gasteiger partial charge in [-0.3, -0.25) is 13.8 Å². The molecule has 0 spiro atoms. The zero-order valence-corrected chi connectivity index (χ0v) is 38.0. The van der Waals surface area contributed by atoms with Gasteiger partial charge >= 0.3 is 5.69 Å². The van der Waals surface area contributed by atoms with Gasteiger partial charge in [0.1, 0.15) is 11.6 Å². The molecule has 4 aliphatic rings. The van der Waals surface area contributed by atoms with Crippen LogP contribution in [0.3, 0.4) is 0 Å². The van der Waals surface area contributed by atoms with E-state index < -0.39 is 39.2 Å². The van der Waals surface area contributed by atoms with Crippen molar-refractivity contribution in [2.24, 2.45) is 18.7 Å². The lowest BCUT2D eigenvalue weighted by molar-refractivity contribution is -0.0592. The number of fused-ring (bicyclic) bond motifs is 6. The third kappa shape index (κ3) is 5.87. The van der Waals surface area contributed by atoms with Crippen LogP contribution in [0, 0.1) is 31.4 Å². The van der Waals surface area contributed by atoms with Crippen LogP contribution in [0.15, 0.2) is 76.9 Å². The lowest BCUT2D eigenvalue weighted by atomic mass is 9.83. The molecule has 3 aromatic carbocycles. The van der Waals surface area contributed by atoms with E-state index in [0.29, 0.717) is 65.3 Å². The Kier molecular flexibility index (Phi) is 9.06. The van der Waals surface area contributed by atoms with Gasteiger partial charge in [-0.05, 0) is 138 Å². The first-order valence-electron chi connectivity index (χ1n) is 22.3. The highest BCUT2D eigenvalue weighted by atomic mass is 32.2. The fraction of sp³-hybridized carbons (Fsp3) is 0.438. The number of hydrogen-bond acceptors (Lipinski definition) is 7. The highest BCUT2D eigenvalue weighted by molar-refractivity contribution is 7.89. The van der Waals surface area contributed by atoms with Crippen molar-refractivity contribution in [2.45, 2.75) is 120 Å². The fourth-order valence-electron chi connectivity index (χ4n) is 11.7. The predicted molar refractivity (Wildman–Crippen MR) is 240 cm³/mol. The van der Waals surface area contributed by atoms with E-state index in [1.807, 2.05) is 17.6 Å². The van der Waals surface area contributed by atoms with Crippen LogP contribution >= 0.6 is 0 Å². The molecule has 1 aliphatic carbocycles. The maximum Gasteiger partial charge on any atom is 0.338 e. The molecule has 11 rings (SSSR count). The van der Waals surface area contributed by atoms with Crippen LogP contribution in [-0.2, 0) is 33.8 Å². The second-order valence-electron chi connectivity index (χ2n) is 19.5. The number of imidazole rings is 1. The van der Waals surface area contributed by atoms with E-state index in [0.717, 1.165) is 35.7 Å². The van der Waals surface area contributed by atoms with E-state index in [1.54, 1.807) is 65.0 Å². The zero-order valence-electron chi connectivity index (χ0n) is 37.1. The molecule has 0 amide bonds. The summed E-state index contributed by atoms with van der Waals surface area (Å²) >= 11 is 0. The number of sulfonamides is 1. The van der Waals surface area contributed by atoms with Crippen molar-refractivity contribution >= 4 is 31.8 Å². The number of rotatable bonds is 8. The molecule has 2 saturated heterocycles. The molecule has 3 aliphatic heterocycles.